The van der Waals surface area contributed by atoms with Crippen LogP contribution in [0.1, 0.15) is 19.3 Å². The molecule has 3 heterocycles. The molecule has 88 valence electrons. The number of rotatable bonds is 1. The molecule has 3 aliphatic heterocycles. The van der Waals surface area contributed by atoms with Gasteiger partial charge >= 0.3 is 0 Å². The van der Waals surface area contributed by atoms with Crippen molar-refractivity contribution in [3.63, 3.8) is 0 Å². The second-order valence-corrected chi connectivity index (χ2v) is 4.60. The van der Waals surface area contributed by atoms with Gasteiger partial charge in [-0.25, -0.2) is 0 Å². The summed E-state index contributed by atoms with van der Waals surface area (Å²) in [5.41, 5.74) is 0. The van der Waals surface area contributed by atoms with Gasteiger partial charge in [-0.1, -0.05) is 6.42 Å². The van der Waals surface area contributed by atoms with E-state index in [0.717, 1.165) is 19.3 Å². The molecule has 2 N–H and O–H groups in total. The first kappa shape index (κ1) is 11.7. The van der Waals surface area contributed by atoms with Crippen LogP contribution in [0.4, 0.5) is 0 Å². The first-order chi connectivity index (χ1) is 7.24. The number of hydrogen-bond acceptors (Lipinski definition) is 5. The van der Waals surface area contributed by atoms with Gasteiger partial charge in [0.15, 0.2) is 6.29 Å². The number of thiol groups is 1. The molecule has 0 radical (unpaired) electrons. The molecule has 3 fully saturated rings. The Morgan fingerprint density at radius 3 is 2.73 bits per heavy atom. The van der Waals surface area contributed by atoms with Gasteiger partial charge in [-0.2, -0.15) is 12.6 Å². The van der Waals surface area contributed by atoms with Crippen LogP contribution in [0.15, 0.2) is 0 Å². The van der Waals surface area contributed by atoms with Gasteiger partial charge in [0.1, 0.15) is 6.10 Å². The Labute approximate surface area is 95.0 Å². The molecule has 0 aromatic rings. The minimum absolute atomic E-state index is 0.0181. The highest BCUT2D eigenvalue weighted by atomic mass is 32.1. The van der Waals surface area contributed by atoms with Crippen molar-refractivity contribution in [2.75, 3.05) is 12.4 Å². The van der Waals surface area contributed by atoms with E-state index in [0.29, 0.717) is 12.4 Å². The highest BCUT2D eigenvalue weighted by Gasteiger charge is 2.44. The van der Waals surface area contributed by atoms with Crippen molar-refractivity contribution >= 4 is 12.6 Å². The van der Waals surface area contributed by atoms with Crippen LogP contribution in [0.2, 0.25) is 0 Å². The van der Waals surface area contributed by atoms with E-state index < -0.39 is 18.5 Å². The van der Waals surface area contributed by atoms with E-state index in [1.165, 1.54) is 0 Å². The predicted molar refractivity (Wildman–Crippen MR) is 57.8 cm³/mol. The van der Waals surface area contributed by atoms with Gasteiger partial charge in [-0.15, -0.1) is 0 Å². The lowest BCUT2D eigenvalue weighted by molar-refractivity contribution is -0.277. The Morgan fingerprint density at radius 2 is 2.00 bits per heavy atom. The molecule has 0 aromatic heterocycles. The average Bonchev–Trinajstić information content (AvgIpc) is 2.38. The van der Waals surface area contributed by atoms with Crippen LogP contribution in [-0.4, -0.2) is 47.2 Å². The van der Waals surface area contributed by atoms with Crippen molar-refractivity contribution in [1.29, 1.82) is 0 Å². The maximum absolute atomic E-state index is 9.96. The van der Waals surface area contributed by atoms with Gasteiger partial charge in [0, 0.05) is 18.3 Å². The number of fused-ring (bicyclic) bond motifs is 6. The summed E-state index contributed by atoms with van der Waals surface area (Å²) in [5.74, 6) is 0.532. The summed E-state index contributed by atoms with van der Waals surface area (Å²) in [6, 6.07) is 0. The minimum atomic E-state index is -0.927. The molecule has 5 heteroatoms. The smallest absolute Gasteiger partial charge is 0.186 e. The highest BCUT2D eigenvalue weighted by molar-refractivity contribution is 7.80. The van der Waals surface area contributed by atoms with E-state index in [-0.39, 0.29) is 12.0 Å². The summed E-state index contributed by atoms with van der Waals surface area (Å²) in [5, 5.41) is 19.7. The largest absolute Gasteiger partial charge is 0.390 e. The van der Waals surface area contributed by atoms with E-state index in [2.05, 4.69) is 12.6 Å². The van der Waals surface area contributed by atoms with Crippen molar-refractivity contribution in [2.45, 2.75) is 43.9 Å². The number of ether oxygens (including phenoxy) is 2. The molecule has 0 amide bonds. The third-order valence-electron chi connectivity index (χ3n) is 3.25. The second-order valence-electron chi connectivity index (χ2n) is 4.24. The van der Waals surface area contributed by atoms with Gasteiger partial charge in [-0.3, -0.25) is 0 Å². The first-order valence-electron chi connectivity index (χ1n) is 5.48. The number of hydrogen-bond donors (Lipinski definition) is 3. The van der Waals surface area contributed by atoms with E-state index in [4.69, 9.17) is 9.47 Å². The first-order valence-corrected chi connectivity index (χ1v) is 6.11. The maximum Gasteiger partial charge on any atom is 0.186 e. The molecular weight excluding hydrogens is 216 g/mol. The fourth-order valence-electron chi connectivity index (χ4n) is 2.34. The van der Waals surface area contributed by atoms with E-state index in [1.54, 1.807) is 0 Å². The minimum Gasteiger partial charge on any atom is -0.390 e. The topological polar surface area (TPSA) is 58.9 Å². The third kappa shape index (κ3) is 2.31. The van der Waals surface area contributed by atoms with E-state index in [1.807, 2.05) is 0 Å². The van der Waals surface area contributed by atoms with Gasteiger partial charge in [0.2, 0.25) is 0 Å². The molecule has 3 aliphatic rings. The van der Waals surface area contributed by atoms with Crippen molar-refractivity contribution in [1.82, 2.24) is 0 Å². The van der Waals surface area contributed by atoms with Gasteiger partial charge < -0.3 is 19.7 Å². The Balaban J connectivity index is 2.16. The van der Waals surface area contributed by atoms with Crippen LogP contribution in [0.3, 0.4) is 0 Å². The monoisotopic (exact) mass is 234 g/mol. The lowest BCUT2D eigenvalue weighted by atomic mass is 9.86. The molecule has 0 saturated carbocycles. The van der Waals surface area contributed by atoms with Crippen LogP contribution in [0.5, 0.6) is 0 Å². The molecule has 0 aliphatic carbocycles. The van der Waals surface area contributed by atoms with Crippen molar-refractivity contribution in [3.8, 4) is 0 Å². The van der Waals surface area contributed by atoms with Crippen LogP contribution in [0, 0.1) is 5.92 Å². The Hall–Kier alpha value is 0.190. The van der Waals surface area contributed by atoms with Crippen molar-refractivity contribution in [2.24, 2.45) is 5.92 Å². The zero-order chi connectivity index (χ0) is 10.8. The summed E-state index contributed by atoms with van der Waals surface area (Å²) in [4.78, 5) is 0. The van der Waals surface area contributed by atoms with Crippen LogP contribution in [-0.2, 0) is 9.47 Å². The fourth-order valence-corrected chi connectivity index (χ4v) is 2.70. The number of aliphatic hydroxyl groups excluding tert-OH is 2. The van der Waals surface area contributed by atoms with Gasteiger partial charge in [-0.05, 0) is 12.8 Å². The third-order valence-corrected chi connectivity index (χ3v) is 3.61. The van der Waals surface area contributed by atoms with Crippen LogP contribution < -0.4 is 0 Å². The Bertz CT molecular complexity index is 210. The van der Waals surface area contributed by atoms with Gasteiger partial charge in [0.05, 0.1) is 12.2 Å². The molecule has 4 nitrogen and oxygen atoms in total. The maximum atomic E-state index is 9.96. The molecular formula is C10H18O4S. The van der Waals surface area contributed by atoms with Crippen LogP contribution >= 0.6 is 12.6 Å². The fraction of sp³-hybridized carbons (Fsp3) is 1.00. The lowest BCUT2D eigenvalue weighted by Crippen LogP contribution is -2.55. The molecule has 3 saturated heterocycles. The molecule has 5 atom stereocenters. The Kier molecular flexibility index (Phi) is 3.90. The molecule has 3 rings (SSSR count). The average molecular weight is 234 g/mol. The normalized spacial score (nSPS) is 47.0. The zero-order valence-corrected chi connectivity index (χ0v) is 9.47. The summed E-state index contributed by atoms with van der Waals surface area (Å²) >= 11 is 4.21. The van der Waals surface area contributed by atoms with Gasteiger partial charge in [0.25, 0.3) is 0 Å². The summed E-state index contributed by atoms with van der Waals surface area (Å²) in [6.07, 6.45) is 0.327. The lowest BCUT2D eigenvalue weighted by Gasteiger charge is -2.41. The van der Waals surface area contributed by atoms with E-state index >= 15 is 0 Å². The second kappa shape index (κ2) is 5.01. The van der Waals surface area contributed by atoms with Crippen molar-refractivity contribution in [3.05, 3.63) is 0 Å². The highest BCUT2D eigenvalue weighted by Crippen LogP contribution is 2.32. The Morgan fingerprint density at radius 1 is 1.20 bits per heavy atom. The molecule has 2 bridgehead atoms. The summed E-state index contributed by atoms with van der Waals surface area (Å²) in [7, 11) is 0. The van der Waals surface area contributed by atoms with Crippen molar-refractivity contribution < 1.29 is 19.7 Å². The van der Waals surface area contributed by atoms with E-state index in [9.17, 15) is 10.2 Å². The molecule has 0 aromatic carbocycles. The molecule has 5 unspecified atom stereocenters. The predicted octanol–water partition coefficient (Wildman–Crippen LogP) is 0.180. The number of aliphatic hydroxyl groups is 2. The summed E-state index contributed by atoms with van der Waals surface area (Å²) in [6.45, 7) is 0.584. The molecule has 0 spiro atoms. The SMILES string of the molecule is OC1C2OCCCCC(C(CS)O2)C1O. The molecule has 15 heavy (non-hydrogen) atoms. The summed E-state index contributed by atoms with van der Waals surface area (Å²) < 4.78 is 11.0. The van der Waals surface area contributed by atoms with Crippen LogP contribution in [0.25, 0.3) is 0 Å². The zero-order valence-electron chi connectivity index (χ0n) is 8.58. The quantitative estimate of drug-likeness (QED) is 0.567. The standard InChI is InChI=1S/C10H18O4S/c11-8-6-3-1-2-4-13-10(9(8)12)14-7(6)5-15/h6-12,15H,1-5H2.